The normalized spacial score (nSPS) is 15.4. The molecule has 0 radical (unpaired) electrons. The highest BCUT2D eigenvalue weighted by Crippen LogP contribution is 2.30. The molecule has 5 nitrogen and oxygen atoms in total. The summed E-state index contributed by atoms with van der Waals surface area (Å²) < 4.78 is 6.08. The molecule has 22 heavy (non-hydrogen) atoms. The Bertz CT molecular complexity index is 735. The summed E-state index contributed by atoms with van der Waals surface area (Å²) in [5.41, 5.74) is 0.801. The average molecular weight is 379 g/mol. The zero-order valence-corrected chi connectivity index (χ0v) is 14.0. The van der Waals surface area contributed by atoms with Crippen molar-refractivity contribution in [2.75, 3.05) is 6.61 Å². The summed E-state index contributed by atoms with van der Waals surface area (Å²) in [7, 11) is 0. The van der Waals surface area contributed by atoms with Gasteiger partial charge in [-0.15, -0.1) is 6.42 Å². The smallest absolute Gasteiger partial charge is 0.286 e. The van der Waals surface area contributed by atoms with Gasteiger partial charge in [-0.1, -0.05) is 12.0 Å². The number of hydrogen-bond acceptors (Lipinski definition) is 4. The number of hydrogen-bond donors (Lipinski definition) is 1. The van der Waals surface area contributed by atoms with Crippen molar-refractivity contribution in [1.29, 1.82) is 0 Å². The highest BCUT2D eigenvalue weighted by Gasteiger charge is 2.22. The van der Waals surface area contributed by atoms with Gasteiger partial charge >= 0.3 is 0 Å². The van der Waals surface area contributed by atoms with E-state index in [9.17, 15) is 9.59 Å². The fourth-order valence-electron chi connectivity index (χ4n) is 1.61. The molecular formula is C15H11BrN2O3S. The third kappa shape index (κ3) is 4.23. The molecule has 0 saturated heterocycles. The molecule has 0 bridgehead atoms. The Morgan fingerprint density at radius 3 is 3.00 bits per heavy atom. The molecule has 0 fully saturated rings. The summed E-state index contributed by atoms with van der Waals surface area (Å²) in [5.74, 6) is 2.37. The summed E-state index contributed by atoms with van der Waals surface area (Å²) in [4.78, 5) is 27.0. The van der Waals surface area contributed by atoms with Crippen molar-refractivity contribution < 1.29 is 14.3 Å². The maximum atomic E-state index is 11.8. The van der Waals surface area contributed by atoms with Crippen LogP contribution in [0.25, 0.3) is 6.08 Å². The van der Waals surface area contributed by atoms with E-state index in [1.165, 1.54) is 6.92 Å². The molecule has 0 aliphatic carbocycles. The summed E-state index contributed by atoms with van der Waals surface area (Å²) in [6, 6.07) is 5.37. The predicted octanol–water partition coefficient (Wildman–Crippen LogP) is 2.57. The lowest BCUT2D eigenvalue weighted by Crippen LogP contribution is -2.23. The van der Waals surface area contributed by atoms with Gasteiger partial charge in [-0.25, -0.2) is 0 Å². The van der Waals surface area contributed by atoms with Gasteiger partial charge in [0.1, 0.15) is 12.4 Å². The number of amides is 2. The maximum Gasteiger partial charge on any atom is 0.286 e. The molecule has 7 heteroatoms. The number of halogens is 1. The number of terminal acetylenes is 1. The number of carbonyl (C=O) groups is 2. The number of carbonyl (C=O) groups excluding carboxylic acids is 2. The lowest BCUT2D eigenvalue weighted by Gasteiger charge is -2.06. The molecule has 1 aliphatic heterocycles. The molecule has 0 saturated carbocycles. The molecule has 1 heterocycles. The van der Waals surface area contributed by atoms with Gasteiger partial charge in [0.25, 0.3) is 5.91 Å². The van der Waals surface area contributed by atoms with E-state index >= 15 is 0 Å². The van der Waals surface area contributed by atoms with Crippen molar-refractivity contribution >= 4 is 50.7 Å². The number of benzene rings is 1. The van der Waals surface area contributed by atoms with E-state index in [0.717, 1.165) is 21.8 Å². The van der Waals surface area contributed by atoms with Crippen LogP contribution in [0.1, 0.15) is 12.5 Å². The van der Waals surface area contributed by atoms with Crippen LogP contribution in [0.2, 0.25) is 0 Å². The van der Waals surface area contributed by atoms with Crippen LogP contribution in [0, 0.1) is 12.3 Å². The highest BCUT2D eigenvalue weighted by atomic mass is 79.9. The van der Waals surface area contributed by atoms with E-state index in [1.54, 1.807) is 18.2 Å². The molecular weight excluding hydrogens is 368 g/mol. The second-order valence-corrected chi connectivity index (χ2v) is 6.08. The monoisotopic (exact) mass is 378 g/mol. The Hall–Kier alpha value is -2.04. The molecule has 2 rings (SSSR count). The molecule has 0 spiro atoms. The van der Waals surface area contributed by atoms with Gasteiger partial charge in [0.15, 0.2) is 5.17 Å². The van der Waals surface area contributed by atoms with E-state index in [1.807, 2.05) is 6.07 Å². The lowest BCUT2D eigenvalue weighted by atomic mass is 10.2. The maximum absolute atomic E-state index is 11.8. The van der Waals surface area contributed by atoms with Gasteiger partial charge in [0.2, 0.25) is 5.91 Å². The largest absolute Gasteiger partial charge is 0.480 e. The molecule has 1 aromatic rings. The van der Waals surface area contributed by atoms with Gasteiger partial charge in [0, 0.05) is 6.92 Å². The van der Waals surface area contributed by atoms with E-state index < -0.39 is 0 Å². The van der Waals surface area contributed by atoms with Crippen LogP contribution in [0.5, 0.6) is 5.75 Å². The first-order valence-corrected chi connectivity index (χ1v) is 7.76. The molecule has 0 unspecified atom stereocenters. The van der Waals surface area contributed by atoms with E-state index in [0.29, 0.717) is 10.7 Å². The van der Waals surface area contributed by atoms with Crippen molar-refractivity contribution in [1.82, 2.24) is 5.32 Å². The summed E-state index contributed by atoms with van der Waals surface area (Å²) in [6.45, 7) is 1.54. The van der Waals surface area contributed by atoms with Crippen molar-refractivity contribution in [3.63, 3.8) is 0 Å². The first-order chi connectivity index (χ1) is 10.5. The summed E-state index contributed by atoms with van der Waals surface area (Å²) in [6.07, 6.45) is 6.84. The third-order valence-electron chi connectivity index (χ3n) is 2.47. The molecule has 112 valence electrons. The first kappa shape index (κ1) is 16.3. The summed E-state index contributed by atoms with van der Waals surface area (Å²) >= 11 is 4.51. The zero-order chi connectivity index (χ0) is 16.1. The minimum Gasteiger partial charge on any atom is -0.480 e. The van der Waals surface area contributed by atoms with Gasteiger partial charge in [-0.05, 0) is 51.5 Å². The van der Waals surface area contributed by atoms with Crippen LogP contribution in [0.3, 0.4) is 0 Å². The third-order valence-corrected chi connectivity index (χ3v) is 3.99. The molecule has 1 aliphatic rings. The Morgan fingerprint density at radius 2 is 2.36 bits per heavy atom. The van der Waals surface area contributed by atoms with Crippen molar-refractivity contribution in [2.45, 2.75) is 6.92 Å². The molecule has 0 aromatic heterocycles. The van der Waals surface area contributed by atoms with E-state index in [-0.39, 0.29) is 23.6 Å². The number of aliphatic imine (C=N–C) groups is 1. The van der Waals surface area contributed by atoms with Crippen LogP contribution in [-0.4, -0.2) is 23.6 Å². The highest BCUT2D eigenvalue weighted by molar-refractivity contribution is 9.10. The molecule has 2 amide bonds. The van der Waals surface area contributed by atoms with Crippen molar-refractivity contribution in [3.05, 3.63) is 33.1 Å². The predicted molar refractivity (Wildman–Crippen MR) is 90.3 cm³/mol. The lowest BCUT2D eigenvalue weighted by molar-refractivity contribution is -0.117. The van der Waals surface area contributed by atoms with Crippen LogP contribution in [0.15, 0.2) is 32.6 Å². The Kier molecular flexibility index (Phi) is 5.41. The Balaban J connectivity index is 2.14. The fourth-order valence-corrected chi connectivity index (χ4v) is 2.98. The number of ether oxygens (including phenoxy) is 1. The SMILES string of the molecule is C#CCOc1ccc(/C=C2\SC(NC(C)=O)=NC2=O)cc1Br. The first-order valence-electron chi connectivity index (χ1n) is 6.15. The molecule has 1 N–H and O–H groups in total. The van der Waals surface area contributed by atoms with Crippen molar-refractivity contribution in [3.8, 4) is 18.1 Å². The standard InChI is InChI=1S/C15H11BrN2O3S/c1-3-6-21-12-5-4-10(7-11(12)16)8-13-14(20)18-15(22-13)17-9(2)19/h1,4-5,7-8H,6H2,2H3,(H,17,18,19,20)/b13-8-. The molecule has 1 aromatic carbocycles. The summed E-state index contributed by atoms with van der Waals surface area (Å²) in [5, 5.41) is 2.78. The quantitative estimate of drug-likeness (QED) is 0.648. The number of nitrogens with one attached hydrogen (secondary N) is 1. The Labute approximate surface area is 140 Å². The minimum absolute atomic E-state index is 0.182. The minimum atomic E-state index is -0.377. The number of rotatable bonds is 3. The average Bonchev–Trinajstić information content (AvgIpc) is 2.77. The van der Waals surface area contributed by atoms with Gasteiger partial charge in [0.05, 0.1) is 9.38 Å². The number of amidine groups is 1. The Morgan fingerprint density at radius 1 is 1.59 bits per heavy atom. The molecule has 0 atom stereocenters. The number of thioether (sulfide) groups is 1. The van der Waals surface area contributed by atoms with Gasteiger partial charge in [-0.3, -0.25) is 9.59 Å². The van der Waals surface area contributed by atoms with Gasteiger partial charge in [-0.2, -0.15) is 4.99 Å². The van der Waals surface area contributed by atoms with Crippen molar-refractivity contribution in [2.24, 2.45) is 4.99 Å². The van der Waals surface area contributed by atoms with E-state index in [4.69, 9.17) is 11.2 Å². The van der Waals surface area contributed by atoms with Crippen LogP contribution < -0.4 is 10.1 Å². The fraction of sp³-hybridized carbons (Fsp3) is 0.133. The van der Waals surface area contributed by atoms with Crippen LogP contribution in [0.4, 0.5) is 0 Å². The number of nitrogens with zero attached hydrogens (tertiary/aromatic N) is 1. The second-order valence-electron chi connectivity index (χ2n) is 4.20. The van der Waals surface area contributed by atoms with Crippen LogP contribution >= 0.6 is 27.7 Å². The second kappa shape index (κ2) is 7.29. The van der Waals surface area contributed by atoms with E-state index in [2.05, 4.69) is 32.2 Å². The zero-order valence-electron chi connectivity index (χ0n) is 11.6. The topological polar surface area (TPSA) is 67.8 Å². The van der Waals surface area contributed by atoms with Gasteiger partial charge < -0.3 is 10.1 Å². The van der Waals surface area contributed by atoms with Crippen LogP contribution in [-0.2, 0) is 9.59 Å².